The quantitative estimate of drug-likeness (QED) is 0.550. The van der Waals surface area contributed by atoms with E-state index < -0.39 is 6.04 Å². The number of nitrogens with zero attached hydrogens (tertiary/aromatic N) is 3. The number of carbonyl (C=O) groups is 2. The highest BCUT2D eigenvalue weighted by Gasteiger charge is 2.35. The Balaban J connectivity index is 2.08. The van der Waals surface area contributed by atoms with Crippen molar-refractivity contribution in [2.45, 2.75) is 39.3 Å². The van der Waals surface area contributed by atoms with E-state index >= 15 is 0 Å². The Bertz CT molecular complexity index is 487. The molecule has 2 N–H and O–H groups in total. The molecule has 0 saturated carbocycles. The minimum Gasteiger partial charge on any atom is -0.407 e. The molecule has 20 heavy (non-hydrogen) atoms. The first-order valence-electron chi connectivity index (χ1n) is 6.79. The Morgan fingerprint density at radius 3 is 2.90 bits per heavy atom. The fraction of sp³-hybridized carbons (Fsp3) is 0.667. The summed E-state index contributed by atoms with van der Waals surface area (Å²) in [5.41, 5.74) is 0. The van der Waals surface area contributed by atoms with E-state index in [9.17, 15) is 9.59 Å². The number of anilines is 1. The Morgan fingerprint density at radius 1 is 1.40 bits per heavy atom. The van der Waals surface area contributed by atoms with Crippen LogP contribution >= 0.6 is 0 Å². The average Bonchev–Trinajstić information content (AvgIpc) is 2.87. The Kier molecular flexibility index (Phi) is 4.67. The van der Waals surface area contributed by atoms with Gasteiger partial charge in [-0.1, -0.05) is 18.9 Å². The fourth-order valence-corrected chi connectivity index (χ4v) is 2.08. The smallest absolute Gasteiger partial charge is 0.319 e. The number of amides is 2. The van der Waals surface area contributed by atoms with Crippen LogP contribution in [0.1, 0.15) is 32.6 Å². The van der Waals surface area contributed by atoms with Crippen LogP contribution in [0.15, 0.2) is 4.42 Å². The first-order chi connectivity index (χ1) is 9.65. The van der Waals surface area contributed by atoms with Crippen molar-refractivity contribution in [3.8, 4) is 0 Å². The van der Waals surface area contributed by atoms with E-state index in [4.69, 9.17) is 4.42 Å². The fourth-order valence-electron chi connectivity index (χ4n) is 2.08. The molecule has 1 aliphatic heterocycles. The number of hydrogen-bond acceptors (Lipinski definition) is 7. The number of carbonyl (C=O) groups excluding carboxylic acids is 2. The Morgan fingerprint density at radius 2 is 2.20 bits per heavy atom. The van der Waals surface area contributed by atoms with Crippen molar-refractivity contribution in [3.63, 3.8) is 0 Å². The standard InChI is InChI=1S/C12H19N5O3/c1-3-5-13-6-10-15-16-12(20-10)17-7-9(18)14-11(19)8(17)4-2/h8,13H,3-7H2,1-2H3,(H,14,18,19). The first-order valence-corrected chi connectivity index (χ1v) is 6.79. The zero-order valence-electron chi connectivity index (χ0n) is 11.7. The van der Waals surface area contributed by atoms with Crippen molar-refractivity contribution in [1.29, 1.82) is 0 Å². The van der Waals surface area contributed by atoms with E-state index in [-0.39, 0.29) is 24.4 Å². The summed E-state index contributed by atoms with van der Waals surface area (Å²) < 4.78 is 5.51. The minimum atomic E-state index is -0.454. The Labute approximate surface area is 116 Å². The lowest BCUT2D eigenvalue weighted by Gasteiger charge is -2.31. The monoisotopic (exact) mass is 281 g/mol. The summed E-state index contributed by atoms with van der Waals surface area (Å²) in [6.45, 7) is 5.32. The van der Waals surface area contributed by atoms with Gasteiger partial charge < -0.3 is 14.6 Å². The van der Waals surface area contributed by atoms with Crippen LogP contribution in [-0.4, -0.2) is 41.1 Å². The number of nitrogens with one attached hydrogen (secondary N) is 2. The summed E-state index contributed by atoms with van der Waals surface area (Å²) in [5.74, 6) is -0.238. The summed E-state index contributed by atoms with van der Waals surface area (Å²) in [7, 11) is 0. The molecule has 1 aliphatic rings. The van der Waals surface area contributed by atoms with Crippen molar-refractivity contribution in [2.24, 2.45) is 0 Å². The summed E-state index contributed by atoms with van der Waals surface area (Å²) >= 11 is 0. The van der Waals surface area contributed by atoms with Gasteiger partial charge in [0.05, 0.1) is 6.54 Å². The van der Waals surface area contributed by atoms with Gasteiger partial charge in [0.25, 0.3) is 0 Å². The maximum atomic E-state index is 11.8. The second-order valence-corrected chi connectivity index (χ2v) is 4.62. The predicted molar refractivity (Wildman–Crippen MR) is 70.9 cm³/mol. The second-order valence-electron chi connectivity index (χ2n) is 4.62. The molecule has 0 spiro atoms. The molecule has 1 fully saturated rings. The van der Waals surface area contributed by atoms with E-state index in [0.717, 1.165) is 13.0 Å². The number of piperazine rings is 1. The van der Waals surface area contributed by atoms with Crippen molar-refractivity contribution < 1.29 is 14.0 Å². The zero-order chi connectivity index (χ0) is 14.5. The van der Waals surface area contributed by atoms with Gasteiger partial charge in [0.1, 0.15) is 12.6 Å². The van der Waals surface area contributed by atoms with Gasteiger partial charge in [0, 0.05) is 0 Å². The summed E-state index contributed by atoms with van der Waals surface area (Å²) in [6.07, 6.45) is 1.57. The third-order valence-corrected chi connectivity index (χ3v) is 3.05. The molecule has 8 heteroatoms. The minimum absolute atomic E-state index is 0.0499. The molecule has 2 heterocycles. The lowest BCUT2D eigenvalue weighted by molar-refractivity contribution is -0.133. The predicted octanol–water partition coefficient (Wildman–Crippen LogP) is -0.189. The van der Waals surface area contributed by atoms with Gasteiger partial charge in [-0.15, -0.1) is 5.10 Å². The van der Waals surface area contributed by atoms with Crippen LogP contribution in [0.2, 0.25) is 0 Å². The molecule has 1 saturated heterocycles. The van der Waals surface area contributed by atoms with Gasteiger partial charge in [0.15, 0.2) is 0 Å². The van der Waals surface area contributed by atoms with Gasteiger partial charge in [-0.05, 0) is 19.4 Å². The van der Waals surface area contributed by atoms with Crippen molar-refractivity contribution in [1.82, 2.24) is 20.8 Å². The molecule has 8 nitrogen and oxygen atoms in total. The van der Waals surface area contributed by atoms with E-state index in [1.54, 1.807) is 4.90 Å². The van der Waals surface area contributed by atoms with Crippen LogP contribution in [0.5, 0.6) is 0 Å². The van der Waals surface area contributed by atoms with E-state index in [1.807, 2.05) is 6.92 Å². The van der Waals surface area contributed by atoms with Gasteiger partial charge in [-0.25, -0.2) is 0 Å². The van der Waals surface area contributed by atoms with Crippen LogP contribution in [0.4, 0.5) is 6.01 Å². The molecule has 0 aromatic carbocycles. The molecule has 0 radical (unpaired) electrons. The highest BCUT2D eigenvalue weighted by atomic mass is 16.4. The lowest BCUT2D eigenvalue weighted by Crippen LogP contribution is -2.58. The lowest BCUT2D eigenvalue weighted by atomic mass is 10.1. The topological polar surface area (TPSA) is 100 Å². The summed E-state index contributed by atoms with van der Waals surface area (Å²) in [6, 6.07) is -0.238. The molecule has 1 aromatic heterocycles. The molecule has 0 bridgehead atoms. The van der Waals surface area contributed by atoms with Crippen LogP contribution < -0.4 is 15.5 Å². The first kappa shape index (κ1) is 14.4. The van der Waals surface area contributed by atoms with E-state index in [2.05, 4.69) is 27.8 Å². The molecule has 1 aromatic rings. The van der Waals surface area contributed by atoms with Gasteiger partial charge in [0.2, 0.25) is 17.7 Å². The van der Waals surface area contributed by atoms with Crippen molar-refractivity contribution >= 4 is 17.8 Å². The zero-order valence-corrected chi connectivity index (χ0v) is 11.7. The summed E-state index contributed by atoms with van der Waals surface area (Å²) in [5, 5.41) is 13.3. The molecule has 110 valence electrons. The van der Waals surface area contributed by atoms with Crippen LogP contribution in [0.25, 0.3) is 0 Å². The second kappa shape index (κ2) is 6.47. The molecular weight excluding hydrogens is 262 g/mol. The third kappa shape index (κ3) is 3.13. The SMILES string of the molecule is CCCNCc1nnc(N2CC(=O)NC(=O)C2CC)o1. The molecule has 2 rings (SSSR count). The number of imide groups is 1. The highest BCUT2D eigenvalue weighted by Crippen LogP contribution is 2.19. The van der Waals surface area contributed by atoms with Gasteiger partial charge in [-0.2, -0.15) is 0 Å². The van der Waals surface area contributed by atoms with Gasteiger partial charge >= 0.3 is 6.01 Å². The molecule has 1 atom stereocenters. The molecule has 1 unspecified atom stereocenters. The summed E-state index contributed by atoms with van der Waals surface area (Å²) in [4.78, 5) is 24.8. The maximum Gasteiger partial charge on any atom is 0.319 e. The maximum absolute atomic E-state index is 11.8. The third-order valence-electron chi connectivity index (χ3n) is 3.05. The van der Waals surface area contributed by atoms with Gasteiger partial charge in [-0.3, -0.25) is 14.9 Å². The highest BCUT2D eigenvalue weighted by molar-refractivity contribution is 6.04. The van der Waals surface area contributed by atoms with E-state index in [0.29, 0.717) is 18.9 Å². The molecule has 0 aliphatic carbocycles. The number of aromatic nitrogens is 2. The van der Waals surface area contributed by atoms with Crippen molar-refractivity contribution in [3.05, 3.63) is 5.89 Å². The largest absolute Gasteiger partial charge is 0.407 e. The Hall–Kier alpha value is -1.96. The average molecular weight is 281 g/mol. The van der Waals surface area contributed by atoms with Crippen LogP contribution in [0.3, 0.4) is 0 Å². The number of rotatable bonds is 6. The normalized spacial score (nSPS) is 19.3. The van der Waals surface area contributed by atoms with Crippen LogP contribution in [0, 0.1) is 0 Å². The molecular formula is C12H19N5O3. The van der Waals surface area contributed by atoms with Crippen LogP contribution in [-0.2, 0) is 16.1 Å². The van der Waals surface area contributed by atoms with E-state index in [1.165, 1.54) is 0 Å². The van der Waals surface area contributed by atoms with Crippen molar-refractivity contribution in [2.75, 3.05) is 18.0 Å². The molecule has 2 amide bonds. The number of hydrogen-bond donors (Lipinski definition) is 2.